The van der Waals surface area contributed by atoms with E-state index in [9.17, 15) is 13.9 Å². The SMILES string of the molecule is O[C@@H](CN1CC[C@H](c2ccccc2)C1)c1ccc(OC(F)F)cc1. The van der Waals surface area contributed by atoms with Crippen LogP contribution in [-0.2, 0) is 0 Å². The van der Waals surface area contributed by atoms with E-state index in [4.69, 9.17) is 0 Å². The molecule has 0 aliphatic carbocycles. The number of likely N-dealkylation sites (tertiary alicyclic amines) is 1. The van der Waals surface area contributed by atoms with Crippen molar-refractivity contribution in [3.63, 3.8) is 0 Å². The van der Waals surface area contributed by atoms with Gasteiger partial charge in [-0.15, -0.1) is 0 Å². The molecule has 0 spiro atoms. The number of hydrogen-bond acceptors (Lipinski definition) is 3. The van der Waals surface area contributed by atoms with Gasteiger partial charge in [-0.25, -0.2) is 0 Å². The van der Waals surface area contributed by atoms with E-state index in [-0.39, 0.29) is 5.75 Å². The van der Waals surface area contributed by atoms with E-state index in [1.54, 1.807) is 12.1 Å². The lowest BCUT2D eigenvalue weighted by Gasteiger charge is -2.20. The zero-order valence-electron chi connectivity index (χ0n) is 13.3. The van der Waals surface area contributed by atoms with Crippen molar-refractivity contribution in [1.29, 1.82) is 0 Å². The van der Waals surface area contributed by atoms with Crippen molar-refractivity contribution in [2.45, 2.75) is 25.1 Å². The van der Waals surface area contributed by atoms with Crippen molar-refractivity contribution in [2.75, 3.05) is 19.6 Å². The Hall–Kier alpha value is -1.98. The summed E-state index contributed by atoms with van der Waals surface area (Å²) in [4.78, 5) is 2.24. The van der Waals surface area contributed by atoms with Crippen LogP contribution >= 0.6 is 0 Å². The Morgan fingerprint density at radius 3 is 2.46 bits per heavy atom. The fourth-order valence-electron chi connectivity index (χ4n) is 3.22. The normalized spacial score (nSPS) is 19.6. The van der Waals surface area contributed by atoms with Crippen LogP contribution in [0.2, 0.25) is 0 Å². The predicted molar refractivity (Wildman–Crippen MR) is 88.3 cm³/mol. The van der Waals surface area contributed by atoms with Gasteiger partial charge in [-0.2, -0.15) is 8.78 Å². The minimum atomic E-state index is -2.83. The quantitative estimate of drug-likeness (QED) is 0.872. The van der Waals surface area contributed by atoms with Crippen molar-refractivity contribution < 1.29 is 18.6 Å². The van der Waals surface area contributed by atoms with Crippen molar-refractivity contribution >= 4 is 0 Å². The van der Waals surface area contributed by atoms with Gasteiger partial charge in [-0.1, -0.05) is 42.5 Å². The molecule has 2 atom stereocenters. The maximum absolute atomic E-state index is 12.1. The van der Waals surface area contributed by atoms with Crippen LogP contribution in [0.5, 0.6) is 5.75 Å². The summed E-state index contributed by atoms with van der Waals surface area (Å²) in [7, 11) is 0. The summed E-state index contributed by atoms with van der Waals surface area (Å²) >= 11 is 0. The van der Waals surface area contributed by atoms with Crippen LogP contribution in [0, 0.1) is 0 Å². The lowest BCUT2D eigenvalue weighted by atomic mass is 9.99. The Bertz CT molecular complexity index is 634. The standard InChI is InChI=1S/C19H21F2NO2/c20-19(21)24-17-8-6-15(7-9-17)18(23)13-22-11-10-16(12-22)14-4-2-1-3-5-14/h1-9,16,18-19,23H,10-13H2/t16-,18-/m0/s1. The predicted octanol–water partition coefficient (Wildman–Crippen LogP) is 3.81. The van der Waals surface area contributed by atoms with Gasteiger partial charge in [0.05, 0.1) is 6.10 Å². The highest BCUT2D eigenvalue weighted by Gasteiger charge is 2.25. The number of aliphatic hydroxyl groups is 1. The smallest absolute Gasteiger partial charge is 0.387 e. The third-order valence-electron chi connectivity index (χ3n) is 4.46. The van der Waals surface area contributed by atoms with Crippen LogP contribution in [0.15, 0.2) is 54.6 Å². The average molecular weight is 333 g/mol. The zero-order chi connectivity index (χ0) is 16.9. The third kappa shape index (κ3) is 4.30. The van der Waals surface area contributed by atoms with E-state index in [0.717, 1.165) is 19.5 Å². The summed E-state index contributed by atoms with van der Waals surface area (Å²) in [6.07, 6.45) is 0.442. The summed E-state index contributed by atoms with van der Waals surface area (Å²) in [5.74, 6) is 0.603. The van der Waals surface area contributed by atoms with Gasteiger partial charge in [0.1, 0.15) is 5.75 Å². The Morgan fingerprint density at radius 2 is 1.79 bits per heavy atom. The van der Waals surface area contributed by atoms with Gasteiger partial charge in [-0.3, -0.25) is 4.90 Å². The molecule has 1 heterocycles. The van der Waals surface area contributed by atoms with Gasteiger partial charge in [-0.05, 0) is 42.1 Å². The lowest BCUT2D eigenvalue weighted by Crippen LogP contribution is -2.26. The van der Waals surface area contributed by atoms with Gasteiger partial charge < -0.3 is 9.84 Å². The number of ether oxygens (including phenoxy) is 1. The van der Waals surface area contributed by atoms with E-state index < -0.39 is 12.7 Å². The molecule has 0 unspecified atom stereocenters. The van der Waals surface area contributed by atoms with E-state index in [1.807, 2.05) is 6.07 Å². The van der Waals surface area contributed by atoms with Gasteiger partial charge in [0.15, 0.2) is 0 Å². The summed E-state index contributed by atoms with van der Waals surface area (Å²) < 4.78 is 28.6. The molecule has 1 saturated heterocycles. The molecule has 0 aromatic heterocycles. The monoisotopic (exact) mass is 333 g/mol. The molecule has 1 aliphatic heterocycles. The van der Waals surface area contributed by atoms with Crippen molar-refractivity contribution in [2.24, 2.45) is 0 Å². The molecule has 1 fully saturated rings. The first-order valence-corrected chi connectivity index (χ1v) is 8.12. The fraction of sp³-hybridized carbons (Fsp3) is 0.368. The summed E-state index contributed by atoms with van der Waals surface area (Å²) in [6, 6.07) is 16.6. The van der Waals surface area contributed by atoms with Crippen LogP contribution in [0.1, 0.15) is 29.6 Å². The Labute approximate surface area is 140 Å². The van der Waals surface area contributed by atoms with Crippen LogP contribution in [0.25, 0.3) is 0 Å². The molecule has 0 bridgehead atoms. The summed E-state index contributed by atoms with van der Waals surface area (Å²) in [5, 5.41) is 10.4. The zero-order valence-corrected chi connectivity index (χ0v) is 13.3. The first-order chi connectivity index (χ1) is 11.6. The number of benzene rings is 2. The lowest BCUT2D eigenvalue weighted by molar-refractivity contribution is -0.0498. The maximum atomic E-state index is 12.1. The van der Waals surface area contributed by atoms with Gasteiger partial charge in [0.2, 0.25) is 0 Å². The minimum absolute atomic E-state index is 0.103. The Balaban J connectivity index is 1.54. The molecule has 1 N–H and O–H groups in total. The number of β-amino-alcohol motifs (C(OH)–C–C–N with tert-alkyl or cyclic N) is 1. The summed E-state index contributed by atoms with van der Waals surface area (Å²) in [6.45, 7) is -0.421. The first kappa shape index (κ1) is 16.9. The minimum Gasteiger partial charge on any atom is -0.435 e. The Morgan fingerprint density at radius 1 is 1.08 bits per heavy atom. The number of halogens is 2. The number of alkyl halides is 2. The van der Waals surface area contributed by atoms with Crippen LogP contribution in [0.4, 0.5) is 8.78 Å². The first-order valence-electron chi connectivity index (χ1n) is 8.12. The highest BCUT2D eigenvalue weighted by atomic mass is 19.3. The number of rotatable bonds is 6. The van der Waals surface area contributed by atoms with Gasteiger partial charge >= 0.3 is 6.61 Å². The van der Waals surface area contributed by atoms with Crippen LogP contribution in [0.3, 0.4) is 0 Å². The molecule has 3 rings (SSSR count). The van der Waals surface area contributed by atoms with Crippen molar-refractivity contribution in [1.82, 2.24) is 4.90 Å². The Kier molecular flexibility index (Phi) is 5.43. The van der Waals surface area contributed by atoms with E-state index in [0.29, 0.717) is 18.0 Å². The van der Waals surface area contributed by atoms with E-state index in [2.05, 4.69) is 33.9 Å². The second-order valence-corrected chi connectivity index (χ2v) is 6.12. The average Bonchev–Trinajstić information content (AvgIpc) is 3.04. The third-order valence-corrected chi connectivity index (χ3v) is 4.46. The molecule has 5 heteroatoms. The number of aliphatic hydroxyl groups excluding tert-OH is 1. The van der Waals surface area contributed by atoms with E-state index in [1.165, 1.54) is 17.7 Å². The van der Waals surface area contributed by atoms with E-state index >= 15 is 0 Å². The fourth-order valence-corrected chi connectivity index (χ4v) is 3.22. The van der Waals surface area contributed by atoms with Gasteiger partial charge in [0, 0.05) is 13.1 Å². The van der Waals surface area contributed by atoms with Crippen molar-refractivity contribution in [3.05, 3.63) is 65.7 Å². The molecule has 2 aromatic carbocycles. The molecule has 2 aromatic rings. The molecule has 24 heavy (non-hydrogen) atoms. The molecular weight excluding hydrogens is 312 g/mol. The topological polar surface area (TPSA) is 32.7 Å². The molecular formula is C19H21F2NO2. The largest absolute Gasteiger partial charge is 0.435 e. The number of hydrogen-bond donors (Lipinski definition) is 1. The van der Waals surface area contributed by atoms with Crippen LogP contribution in [-0.4, -0.2) is 36.3 Å². The number of nitrogens with zero attached hydrogens (tertiary/aromatic N) is 1. The maximum Gasteiger partial charge on any atom is 0.387 e. The van der Waals surface area contributed by atoms with Crippen LogP contribution < -0.4 is 4.74 Å². The second-order valence-electron chi connectivity index (χ2n) is 6.12. The molecule has 1 aliphatic rings. The molecule has 3 nitrogen and oxygen atoms in total. The molecule has 0 saturated carbocycles. The molecule has 0 radical (unpaired) electrons. The summed E-state index contributed by atoms with van der Waals surface area (Å²) in [5.41, 5.74) is 2.04. The van der Waals surface area contributed by atoms with Gasteiger partial charge in [0.25, 0.3) is 0 Å². The second kappa shape index (κ2) is 7.73. The molecule has 128 valence electrons. The highest BCUT2D eigenvalue weighted by molar-refractivity contribution is 5.29. The molecule has 0 amide bonds. The van der Waals surface area contributed by atoms with Crippen molar-refractivity contribution in [3.8, 4) is 5.75 Å². The highest BCUT2D eigenvalue weighted by Crippen LogP contribution is 2.28.